The zero-order chi connectivity index (χ0) is 23.5. The van der Waals surface area contributed by atoms with Crippen LogP contribution in [0.3, 0.4) is 0 Å². The van der Waals surface area contributed by atoms with Crippen molar-refractivity contribution in [2.75, 3.05) is 6.54 Å². The minimum absolute atomic E-state index is 0.0366. The van der Waals surface area contributed by atoms with Gasteiger partial charge in [0, 0.05) is 6.54 Å². The van der Waals surface area contributed by atoms with E-state index in [1.807, 2.05) is 0 Å². The topological polar surface area (TPSA) is 56.2 Å². The SMILES string of the molecule is Cc1ccccc1-n1ncc(C(=O)NCCc2ccc(OC(F)(F)F)cc2)c1C(F)(F)F. The molecule has 0 aliphatic carbocycles. The predicted molar refractivity (Wildman–Crippen MR) is 102 cm³/mol. The van der Waals surface area contributed by atoms with E-state index in [0.29, 0.717) is 15.8 Å². The van der Waals surface area contributed by atoms with Crippen LogP contribution in [0, 0.1) is 6.92 Å². The Labute approximate surface area is 178 Å². The van der Waals surface area contributed by atoms with Crippen LogP contribution in [-0.2, 0) is 12.6 Å². The van der Waals surface area contributed by atoms with Crippen LogP contribution in [0.25, 0.3) is 5.69 Å². The number of rotatable bonds is 6. The highest BCUT2D eigenvalue weighted by molar-refractivity contribution is 5.95. The van der Waals surface area contributed by atoms with Crippen LogP contribution in [0.5, 0.6) is 5.75 Å². The molecule has 0 bridgehead atoms. The molecule has 1 aromatic heterocycles. The standard InChI is InChI=1S/C21H17F6N3O2/c1-13-4-2-3-5-17(13)30-18(20(22,23)24)16(12-29-30)19(31)28-11-10-14-6-8-15(9-7-14)32-21(25,26)27/h2-9,12H,10-11H2,1H3,(H,28,31). The fraction of sp³-hybridized carbons (Fsp3) is 0.238. The monoisotopic (exact) mass is 457 g/mol. The molecule has 5 nitrogen and oxygen atoms in total. The highest BCUT2D eigenvalue weighted by Crippen LogP contribution is 2.34. The zero-order valence-electron chi connectivity index (χ0n) is 16.6. The number of alkyl halides is 6. The molecule has 32 heavy (non-hydrogen) atoms. The molecule has 0 spiro atoms. The summed E-state index contributed by atoms with van der Waals surface area (Å²) >= 11 is 0. The quantitative estimate of drug-likeness (QED) is 0.526. The number of aromatic nitrogens is 2. The molecule has 1 heterocycles. The third-order valence-corrected chi connectivity index (χ3v) is 4.48. The second kappa shape index (κ2) is 8.93. The first kappa shape index (κ1) is 23.2. The van der Waals surface area contributed by atoms with E-state index in [2.05, 4.69) is 15.2 Å². The molecular weight excluding hydrogens is 440 g/mol. The molecule has 0 saturated carbocycles. The maximum Gasteiger partial charge on any atom is 0.573 e. The second-order valence-electron chi connectivity index (χ2n) is 6.80. The highest BCUT2D eigenvalue weighted by atomic mass is 19.4. The Balaban J connectivity index is 1.71. The van der Waals surface area contributed by atoms with Gasteiger partial charge in [0.05, 0.1) is 17.4 Å². The van der Waals surface area contributed by atoms with E-state index in [4.69, 9.17) is 0 Å². The summed E-state index contributed by atoms with van der Waals surface area (Å²) < 4.78 is 82.2. The van der Waals surface area contributed by atoms with Gasteiger partial charge < -0.3 is 10.1 Å². The van der Waals surface area contributed by atoms with Gasteiger partial charge in [-0.05, 0) is 42.7 Å². The number of nitrogens with one attached hydrogen (secondary N) is 1. The minimum atomic E-state index is -4.83. The number of amides is 1. The van der Waals surface area contributed by atoms with Crippen molar-refractivity contribution in [3.8, 4) is 11.4 Å². The number of nitrogens with zero attached hydrogens (tertiary/aromatic N) is 2. The number of para-hydroxylation sites is 1. The molecule has 0 unspecified atom stereocenters. The van der Waals surface area contributed by atoms with Crippen molar-refractivity contribution < 1.29 is 35.9 Å². The van der Waals surface area contributed by atoms with Gasteiger partial charge in [-0.15, -0.1) is 13.2 Å². The summed E-state index contributed by atoms with van der Waals surface area (Å²) in [5, 5.41) is 6.16. The van der Waals surface area contributed by atoms with Crippen molar-refractivity contribution in [2.45, 2.75) is 25.9 Å². The van der Waals surface area contributed by atoms with Crippen molar-refractivity contribution in [1.29, 1.82) is 0 Å². The molecule has 2 aromatic carbocycles. The van der Waals surface area contributed by atoms with Crippen molar-refractivity contribution >= 4 is 5.91 Å². The van der Waals surface area contributed by atoms with Gasteiger partial charge in [-0.1, -0.05) is 30.3 Å². The smallest absolute Gasteiger partial charge is 0.406 e. The van der Waals surface area contributed by atoms with Gasteiger partial charge >= 0.3 is 12.5 Å². The Bertz CT molecular complexity index is 1090. The lowest BCUT2D eigenvalue weighted by atomic mass is 10.1. The average molecular weight is 457 g/mol. The highest BCUT2D eigenvalue weighted by Gasteiger charge is 2.40. The summed E-state index contributed by atoms with van der Waals surface area (Å²) in [6.07, 6.45) is -8.60. The van der Waals surface area contributed by atoms with Crippen molar-refractivity contribution in [2.24, 2.45) is 0 Å². The fourth-order valence-electron chi connectivity index (χ4n) is 3.04. The Morgan fingerprint density at radius 2 is 1.69 bits per heavy atom. The zero-order valence-corrected chi connectivity index (χ0v) is 16.6. The summed E-state index contributed by atoms with van der Waals surface area (Å²) in [7, 11) is 0. The van der Waals surface area contributed by atoms with Gasteiger partial charge in [-0.2, -0.15) is 18.3 Å². The van der Waals surface area contributed by atoms with Crippen molar-refractivity contribution in [1.82, 2.24) is 15.1 Å². The molecule has 3 rings (SSSR count). The van der Waals surface area contributed by atoms with E-state index in [1.54, 1.807) is 25.1 Å². The number of benzene rings is 2. The van der Waals surface area contributed by atoms with E-state index in [0.717, 1.165) is 18.3 Å². The number of carbonyl (C=O) groups is 1. The van der Waals surface area contributed by atoms with Crippen molar-refractivity contribution in [3.63, 3.8) is 0 Å². The summed E-state index contributed by atoms with van der Waals surface area (Å²) in [5.74, 6) is -1.36. The van der Waals surface area contributed by atoms with Crippen LogP contribution < -0.4 is 10.1 Å². The molecule has 1 N–H and O–H groups in total. The van der Waals surface area contributed by atoms with Gasteiger partial charge in [-0.25, -0.2) is 4.68 Å². The lowest BCUT2D eigenvalue weighted by Gasteiger charge is -2.14. The lowest BCUT2D eigenvalue weighted by Crippen LogP contribution is -2.28. The molecule has 0 aliphatic heterocycles. The summed E-state index contributed by atoms with van der Waals surface area (Å²) in [6, 6.07) is 11.3. The molecule has 0 atom stereocenters. The molecular formula is C21H17F6N3O2. The predicted octanol–water partition coefficient (Wildman–Crippen LogP) is 5.07. The molecule has 3 aromatic rings. The Hall–Kier alpha value is -3.50. The van der Waals surface area contributed by atoms with Crippen LogP contribution in [0.4, 0.5) is 26.3 Å². The van der Waals surface area contributed by atoms with Crippen LogP contribution in [-0.4, -0.2) is 28.6 Å². The maximum absolute atomic E-state index is 13.7. The summed E-state index contributed by atoms with van der Waals surface area (Å²) in [5.41, 5.74) is -0.523. The number of carbonyl (C=O) groups excluding carboxylic acids is 1. The second-order valence-corrected chi connectivity index (χ2v) is 6.80. The third-order valence-electron chi connectivity index (χ3n) is 4.48. The number of aryl methyl sites for hydroxylation is 1. The van der Waals surface area contributed by atoms with E-state index < -0.39 is 35.5 Å². The van der Waals surface area contributed by atoms with Crippen molar-refractivity contribution in [3.05, 3.63) is 77.1 Å². The first-order chi connectivity index (χ1) is 15.0. The van der Waals surface area contributed by atoms with Gasteiger partial charge in [0.2, 0.25) is 0 Å². The molecule has 0 saturated heterocycles. The summed E-state index contributed by atoms with van der Waals surface area (Å²) in [4.78, 5) is 12.4. The number of ether oxygens (including phenoxy) is 1. The normalized spacial score (nSPS) is 12.0. The van der Waals surface area contributed by atoms with Gasteiger partial charge in [-0.3, -0.25) is 4.79 Å². The average Bonchev–Trinajstić information content (AvgIpc) is 3.14. The number of hydrogen-bond acceptors (Lipinski definition) is 3. The number of hydrogen-bond donors (Lipinski definition) is 1. The lowest BCUT2D eigenvalue weighted by molar-refractivity contribution is -0.274. The maximum atomic E-state index is 13.7. The van der Waals surface area contributed by atoms with E-state index in [1.165, 1.54) is 18.2 Å². The molecule has 0 aliphatic rings. The fourth-order valence-corrected chi connectivity index (χ4v) is 3.04. The van der Waals surface area contributed by atoms with Crippen LogP contribution >= 0.6 is 0 Å². The molecule has 170 valence electrons. The largest absolute Gasteiger partial charge is 0.573 e. The summed E-state index contributed by atoms with van der Waals surface area (Å²) in [6.45, 7) is 1.59. The Morgan fingerprint density at radius 1 is 1.03 bits per heavy atom. The van der Waals surface area contributed by atoms with Crippen LogP contribution in [0.2, 0.25) is 0 Å². The first-order valence-corrected chi connectivity index (χ1v) is 9.30. The van der Waals surface area contributed by atoms with E-state index >= 15 is 0 Å². The molecule has 11 heteroatoms. The third kappa shape index (κ3) is 5.59. The van der Waals surface area contributed by atoms with E-state index in [-0.39, 0.29) is 18.7 Å². The van der Waals surface area contributed by atoms with E-state index in [9.17, 15) is 31.1 Å². The molecule has 0 fully saturated rings. The number of halogens is 6. The minimum Gasteiger partial charge on any atom is -0.406 e. The van der Waals surface area contributed by atoms with Crippen LogP contribution in [0.15, 0.2) is 54.7 Å². The van der Waals surface area contributed by atoms with Crippen LogP contribution in [0.1, 0.15) is 27.2 Å². The first-order valence-electron chi connectivity index (χ1n) is 9.30. The Kier molecular flexibility index (Phi) is 6.47. The molecule has 1 amide bonds. The molecule has 0 radical (unpaired) electrons. The van der Waals surface area contributed by atoms with Gasteiger partial charge in [0.1, 0.15) is 5.75 Å². The Morgan fingerprint density at radius 3 is 2.28 bits per heavy atom. The van der Waals surface area contributed by atoms with Gasteiger partial charge in [0.25, 0.3) is 5.91 Å². The van der Waals surface area contributed by atoms with Gasteiger partial charge in [0.15, 0.2) is 5.69 Å².